The number of carbonyl (C=O) groups is 2. The Kier molecular flexibility index (Phi) is 5.39. The highest BCUT2D eigenvalue weighted by atomic mass is 19.4. The van der Waals surface area contributed by atoms with Crippen LogP contribution in [-0.4, -0.2) is 17.9 Å². The van der Waals surface area contributed by atoms with E-state index in [2.05, 4.69) is 10.6 Å². The molecule has 0 aliphatic carbocycles. The highest BCUT2D eigenvalue weighted by Crippen LogP contribution is 2.31. The van der Waals surface area contributed by atoms with Crippen molar-refractivity contribution in [1.82, 2.24) is 5.32 Å². The molecule has 0 aromatic heterocycles. The minimum Gasteiger partial charge on any atom is -0.344 e. The van der Waals surface area contributed by atoms with Crippen molar-refractivity contribution < 1.29 is 27.2 Å². The second-order valence-corrected chi connectivity index (χ2v) is 6.13. The van der Waals surface area contributed by atoms with Gasteiger partial charge in [0.1, 0.15) is 11.9 Å². The predicted octanol–water partition coefficient (Wildman–Crippen LogP) is 3.33. The van der Waals surface area contributed by atoms with Crippen LogP contribution >= 0.6 is 0 Å². The van der Waals surface area contributed by atoms with Crippen molar-refractivity contribution in [2.24, 2.45) is 5.41 Å². The molecule has 0 unspecified atom stereocenters. The van der Waals surface area contributed by atoms with Crippen LogP contribution in [0.4, 0.5) is 23.2 Å². The van der Waals surface area contributed by atoms with Gasteiger partial charge in [0, 0.05) is 5.41 Å². The van der Waals surface area contributed by atoms with E-state index >= 15 is 0 Å². The van der Waals surface area contributed by atoms with E-state index in [0.717, 1.165) is 0 Å². The first-order chi connectivity index (χ1) is 10.3. The van der Waals surface area contributed by atoms with Gasteiger partial charge in [-0.15, -0.1) is 0 Å². The predicted molar refractivity (Wildman–Crippen MR) is 77.1 cm³/mol. The third kappa shape index (κ3) is 5.22. The van der Waals surface area contributed by atoms with Crippen molar-refractivity contribution in [2.75, 3.05) is 5.32 Å². The molecule has 0 bridgehead atoms. The lowest BCUT2D eigenvalue weighted by molar-refractivity contribution is -0.137. The summed E-state index contributed by atoms with van der Waals surface area (Å²) in [4.78, 5) is 23.7. The molecule has 128 valence electrons. The zero-order valence-electron chi connectivity index (χ0n) is 13.1. The van der Waals surface area contributed by atoms with Crippen molar-refractivity contribution in [3.05, 3.63) is 29.6 Å². The van der Waals surface area contributed by atoms with Gasteiger partial charge in [-0.25, -0.2) is 4.39 Å². The molecule has 4 nitrogen and oxygen atoms in total. The second kappa shape index (κ2) is 6.55. The molecule has 1 atom stereocenters. The Labute approximate surface area is 131 Å². The first-order valence-corrected chi connectivity index (χ1v) is 6.81. The molecular formula is C15H18F4N2O2. The number of rotatable bonds is 3. The molecule has 1 rings (SSSR count). The van der Waals surface area contributed by atoms with Crippen LogP contribution in [0.3, 0.4) is 0 Å². The van der Waals surface area contributed by atoms with Crippen molar-refractivity contribution in [2.45, 2.75) is 39.9 Å². The van der Waals surface area contributed by atoms with Gasteiger partial charge in [0.15, 0.2) is 0 Å². The third-order valence-electron chi connectivity index (χ3n) is 2.97. The average molecular weight is 334 g/mol. The van der Waals surface area contributed by atoms with Crippen LogP contribution in [0.5, 0.6) is 0 Å². The van der Waals surface area contributed by atoms with Gasteiger partial charge in [-0.2, -0.15) is 13.2 Å². The first-order valence-electron chi connectivity index (χ1n) is 6.81. The number of benzene rings is 1. The molecule has 0 saturated carbocycles. The van der Waals surface area contributed by atoms with E-state index in [0.29, 0.717) is 18.2 Å². The fourth-order valence-electron chi connectivity index (χ4n) is 1.52. The maximum absolute atomic E-state index is 13.6. The number of carbonyl (C=O) groups excluding carboxylic acids is 2. The molecule has 0 radical (unpaired) electrons. The third-order valence-corrected chi connectivity index (χ3v) is 2.97. The largest absolute Gasteiger partial charge is 0.416 e. The van der Waals surface area contributed by atoms with Crippen LogP contribution in [0, 0.1) is 11.2 Å². The lowest BCUT2D eigenvalue weighted by Crippen LogP contribution is -2.46. The van der Waals surface area contributed by atoms with E-state index in [1.54, 1.807) is 20.8 Å². The molecule has 1 aromatic rings. The molecule has 8 heteroatoms. The molecule has 0 saturated heterocycles. The monoisotopic (exact) mass is 334 g/mol. The van der Waals surface area contributed by atoms with Gasteiger partial charge < -0.3 is 10.6 Å². The van der Waals surface area contributed by atoms with Crippen molar-refractivity contribution >= 4 is 17.5 Å². The second-order valence-electron chi connectivity index (χ2n) is 6.13. The van der Waals surface area contributed by atoms with E-state index in [1.807, 2.05) is 0 Å². The maximum Gasteiger partial charge on any atom is 0.416 e. The number of anilines is 1. The van der Waals surface area contributed by atoms with Gasteiger partial charge in [0.25, 0.3) is 0 Å². The van der Waals surface area contributed by atoms with E-state index in [-0.39, 0.29) is 0 Å². The number of halogens is 4. The zero-order valence-corrected chi connectivity index (χ0v) is 13.1. The number of nitrogens with one attached hydrogen (secondary N) is 2. The summed E-state index contributed by atoms with van der Waals surface area (Å²) in [5.41, 5.74) is -2.42. The molecule has 2 N–H and O–H groups in total. The minimum atomic E-state index is -4.65. The maximum atomic E-state index is 13.6. The molecule has 0 heterocycles. The molecule has 0 aliphatic rings. The fraction of sp³-hybridized carbons (Fsp3) is 0.467. The summed E-state index contributed by atoms with van der Waals surface area (Å²) in [6, 6.07) is 0.675. The summed E-state index contributed by atoms with van der Waals surface area (Å²) in [5.74, 6) is -2.23. The van der Waals surface area contributed by atoms with Crippen LogP contribution < -0.4 is 10.6 Å². The van der Waals surface area contributed by atoms with E-state index in [9.17, 15) is 27.2 Å². The number of amides is 2. The molecule has 23 heavy (non-hydrogen) atoms. The SMILES string of the molecule is C[C@H](NC(=O)C(C)(C)C)C(=O)Nc1cc(C(F)(F)F)ccc1F. The number of hydrogen-bond acceptors (Lipinski definition) is 2. The van der Waals surface area contributed by atoms with E-state index < -0.39 is 46.5 Å². The van der Waals surface area contributed by atoms with Gasteiger partial charge in [-0.1, -0.05) is 20.8 Å². The Hall–Kier alpha value is -2.12. The Balaban J connectivity index is 2.87. The van der Waals surface area contributed by atoms with Gasteiger partial charge in [-0.3, -0.25) is 9.59 Å². The summed E-state index contributed by atoms with van der Waals surface area (Å²) in [6.07, 6.45) is -4.65. The van der Waals surface area contributed by atoms with E-state index in [4.69, 9.17) is 0 Å². The van der Waals surface area contributed by atoms with Crippen LogP contribution in [-0.2, 0) is 15.8 Å². The highest BCUT2D eigenvalue weighted by molar-refractivity contribution is 5.97. The lowest BCUT2D eigenvalue weighted by atomic mass is 9.95. The normalized spacial score (nSPS) is 13.4. The van der Waals surface area contributed by atoms with Crippen LogP contribution in [0.15, 0.2) is 18.2 Å². The molecule has 0 spiro atoms. The van der Waals surface area contributed by atoms with Crippen LogP contribution in [0.25, 0.3) is 0 Å². The fourth-order valence-corrected chi connectivity index (χ4v) is 1.52. The van der Waals surface area contributed by atoms with Crippen LogP contribution in [0.2, 0.25) is 0 Å². The van der Waals surface area contributed by atoms with E-state index in [1.165, 1.54) is 6.92 Å². The first kappa shape index (κ1) is 18.9. The molecule has 0 aliphatic heterocycles. The average Bonchev–Trinajstić information content (AvgIpc) is 2.38. The standard InChI is InChI=1S/C15H18F4N2O2/c1-8(20-13(23)14(2,3)4)12(22)21-11-7-9(15(17,18)19)5-6-10(11)16/h5-8H,1-4H3,(H,20,23)(H,21,22)/t8-/m0/s1. The quantitative estimate of drug-likeness (QED) is 0.833. The van der Waals surface area contributed by atoms with Crippen LogP contribution in [0.1, 0.15) is 33.3 Å². The summed E-state index contributed by atoms with van der Waals surface area (Å²) in [6.45, 7) is 6.27. The van der Waals surface area contributed by atoms with Gasteiger partial charge in [-0.05, 0) is 25.1 Å². The van der Waals surface area contributed by atoms with Crippen molar-refractivity contribution in [3.8, 4) is 0 Å². The summed E-state index contributed by atoms with van der Waals surface area (Å²) in [7, 11) is 0. The minimum absolute atomic E-state index is 0.412. The molecule has 0 fully saturated rings. The van der Waals surface area contributed by atoms with Crippen molar-refractivity contribution in [3.63, 3.8) is 0 Å². The number of alkyl halides is 3. The van der Waals surface area contributed by atoms with Gasteiger partial charge >= 0.3 is 6.18 Å². The Bertz CT molecular complexity index is 606. The van der Waals surface area contributed by atoms with Gasteiger partial charge in [0.2, 0.25) is 11.8 Å². The topological polar surface area (TPSA) is 58.2 Å². The lowest BCUT2D eigenvalue weighted by Gasteiger charge is -2.21. The smallest absolute Gasteiger partial charge is 0.344 e. The molecule has 2 amide bonds. The zero-order chi connectivity index (χ0) is 18.0. The van der Waals surface area contributed by atoms with Gasteiger partial charge in [0.05, 0.1) is 11.3 Å². The Morgan fingerprint density at radius 3 is 2.17 bits per heavy atom. The highest BCUT2D eigenvalue weighted by Gasteiger charge is 2.31. The molecular weight excluding hydrogens is 316 g/mol. The van der Waals surface area contributed by atoms with Crippen molar-refractivity contribution in [1.29, 1.82) is 0 Å². The summed E-state index contributed by atoms with van der Waals surface area (Å²) < 4.78 is 51.4. The Morgan fingerprint density at radius 1 is 1.13 bits per heavy atom. The summed E-state index contributed by atoms with van der Waals surface area (Å²) >= 11 is 0. The number of hydrogen-bond donors (Lipinski definition) is 2. The molecule has 1 aromatic carbocycles. The Morgan fingerprint density at radius 2 is 1.70 bits per heavy atom. The summed E-state index contributed by atoms with van der Waals surface area (Å²) in [5, 5.41) is 4.46.